The highest BCUT2D eigenvalue weighted by Gasteiger charge is 2.28. The maximum Gasteiger partial charge on any atom is 0.407 e. The Morgan fingerprint density at radius 3 is 2.37 bits per heavy atom. The fourth-order valence-electron chi connectivity index (χ4n) is 3.64. The molecule has 4 rings (SSSR count). The number of hydrogen-bond donors (Lipinski definition) is 2. The standard InChI is InChI=1S/C25H20BrNO3/c26-18-13-12-17(24(28)15-18)7-5-6-14-27-25(29)30-16-23-21-10-3-1-8-19(21)20-9-2-4-11-22(20)23/h1-4,8-13,15,23,28H,6,14,16H2,(H,27,29). The monoisotopic (exact) mass is 461 g/mol. The molecule has 0 aliphatic heterocycles. The number of alkyl carbamates (subject to hydrolysis) is 1. The molecule has 2 N–H and O–H groups in total. The van der Waals surface area contributed by atoms with Crippen LogP contribution in [0, 0.1) is 11.8 Å². The van der Waals surface area contributed by atoms with Crippen LogP contribution in [-0.2, 0) is 4.74 Å². The molecule has 0 heterocycles. The Bertz CT molecular complexity index is 1100. The summed E-state index contributed by atoms with van der Waals surface area (Å²) in [6, 6.07) is 21.6. The van der Waals surface area contributed by atoms with Gasteiger partial charge in [0.05, 0.1) is 5.56 Å². The van der Waals surface area contributed by atoms with Gasteiger partial charge < -0.3 is 15.2 Å². The Labute approximate surface area is 184 Å². The van der Waals surface area contributed by atoms with Crippen molar-refractivity contribution in [2.24, 2.45) is 0 Å². The first kappa shape index (κ1) is 20.1. The summed E-state index contributed by atoms with van der Waals surface area (Å²) in [7, 11) is 0. The summed E-state index contributed by atoms with van der Waals surface area (Å²) < 4.78 is 6.29. The number of phenolic OH excluding ortho intramolecular Hbond substituents is 1. The van der Waals surface area contributed by atoms with Gasteiger partial charge in [-0.2, -0.15) is 0 Å². The fraction of sp³-hybridized carbons (Fsp3) is 0.160. The minimum absolute atomic E-state index is 0.0447. The smallest absolute Gasteiger partial charge is 0.407 e. The normalized spacial score (nSPS) is 11.8. The van der Waals surface area contributed by atoms with Crippen LogP contribution in [0.5, 0.6) is 5.75 Å². The first-order valence-corrected chi connectivity index (χ1v) is 10.5. The number of hydrogen-bond acceptors (Lipinski definition) is 3. The topological polar surface area (TPSA) is 58.6 Å². The van der Waals surface area contributed by atoms with Gasteiger partial charge in [0, 0.05) is 23.4 Å². The summed E-state index contributed by atoms with van der Waals surface area (Å²) in [6.45, 7) is 0.666. The number of amides is 1. The minimum atomic E-state index is -0.454. The van der Waals surface area contributed by atoms with E-state index in [2.05, 4.69) is 57.4 Å². The lowest BCUT2D eigenvalue weighted by molar-refractivity contribution is 0.143. The summed E-state index contributed by atoms with van der Waals surface area (Å²) in [5, 5.41) is 12.6. The molecular weight excluding hydrogens is 442 g/mol. The van der Waals surface area contributed by atoms with Gasteiger partial charge in [-0.05, 0) is 40.5 Å². The Hall–Kier alpha value is -3.23. The lowest BCUT2D eigenvalue weighted by Crippen LogP contribution is -2.26. The van der Waals surface area contributed by atoms with Gasteiger partial charge in [-0.15, -0.1) is 0 Å². The second kappa shape index (κ2) is 9.06. The van der Waals surface area contributed by atoms with E-state index in [-0.39, 0.29) is 18.3 Å². The second-order valence-electron chi connectivity index (χ2n) is 6.97. The van der Waals surface area contributed by atoms with E-state index in [1.807, 2.05) is 30.3 Å². The molecule has 0 aromatic heterocycles. The number of ether oxygens (including phenoxy) is 1. The van der Waals surface area contributed by atoms with Crippen LogP contribution in [0.4, 0.5) is 4.79 Å². The Balaban J connectivity index is 1.29. The first-order valence-electron chi connectivity index (χ1n) is 9.69. The highest BCUT2D eigenvalue weighted by molar-refractivity contribution is 9.10. The Morgan fingerprint density at radius 1 is 1.03 bits per heavy atom. The summed E-state index contributed by atoms with van der Waals surface area (Å²) in [5.41, 5.74) is 5.33. The fourth-order valence-corrected chi connectivity index (χ4v) is 3.99. The number of aromatic hydroxyl groups is 1. The van der Waals surface area contributed by atoms with Gasteiger partial charge in [0.25, 0.3) is 0 Å². The van der Waals surface area contributed by atoms with E-state index >= 15 is 0 Å². The molecule has 4 nitrogen and oxygen atoms in total. The summed E-state index contributed by atoms with van der Waals surface area (Å²) in [5.74, 6) is 6.02. The quantitative estimate of drug-likeness (QED) is 0.401. The molecule has 0 saturated carbocycles. The van der Waals surface area contributed by atoms with Crippen molar-refractivity contribution < 1.29 is 14.6 Å². The van der Waals surface area contributed by atoms with Gasteiger partial charge in [0.15, 0.2) is 0 Å². The van der Waals surface area contributed by atoms with Crippen LogP contribution in [-0.4, -0.2) is 24.4 Å². The van der Waals surface area contributed by atoms with Gasteiger partial charge in [0.1, 0.15) is 12.4 Å². The van der Waals surface area contributed by atoms with Crippen LogP contribution in [0.15, 0.2) is 71.2 Å². The number of nitrogens with one attached hydrogen (secondary N) is 1. The molecule has 0 bridgehead atoms. The zero-order valence-electron chi connectivity index (χ0n) is 16.2. The molecule has 3 aromatic rings. The van der Waals surface area contributed by atoms with E-state index < -0.39 is 6.09 Å². The molecule has 0 fully saturated rings. The summed E-state index contributed by atoms with van der Waals surface area (Å²) in [4.78, 5) is 12.1. The second-order valence-corrected chi connectivity index (χ2v) is 7.88. The van der Waals surface area contributed by atoms with E-state index in [1.165, 1.54) is 22.3 Å². The molecule has 1 amide bonds. The molecule has 150 valence electrons. The molecular formula is C25H20BrNO3. The molecule has 0 atom stereocenters. The van der Waals surface area contributed by atoms with Crippen LogP contribution in [0.25, 0.3) is 11.1 Å². The summed E-state index contributed by atoms with van der Waals surface area (Å²) in [6.07, 6.45) is 0.00447. The third kappa shape index (κ3) is 4.34. The van der Waals surface area contributed by atoms with E-state index in [0.29, 0.717) is 18.5 Å². The SMILES string of the molecule is O=C(NCCC#Cc1ccc(Br)cc1O)OCC1c2ccccc2-c2ccccc21. The maximum absolute atomic E-state index is 12.1. The summed E-state index contributed by atoms with van der Waals surface area (Å²) >= 11 is 3.29. The van der Waals surface area contributed by atoms with Gasteiger partial charge in [-0.25, -0.2) is 4.79 Å². The highest BCUT2D eigenvalue weighted by atomic mass is 79.9. The number of carbonyl (C=O) groups is 1. The Kier molecular flexibility index (Phi) is 6.06. The predicted octanol–water partition coefficient (Wildman–Crippen LogP) is 5.44. The van der Waals surface area contributed by atoms with E-state index in [4.69, 9.17) is 4.74 Å². The number of halogens is 1. The zero-order chi connectivity index (χ0) is 20.9. The van der Waals surface area contributed by atoms with Crippen molar-refractivity contribution in [1.82, 2.24) is 5.32 Å². The van der Waals surface area contributed by atoms with E-state index in [1.54, 1.807) is 12.1 Å². The molecule has 3 aromatic carbocycles. The van der Waals surface area contributed by atoms with Crippen LogP contribution >= 0.6 is 15.9 Å². The molecule has 1 aliphatic rings. The molecule has 0 saturated heterocycles. The van der Waals surface area contributed by atoms with Crippen molar-refractivity contribution in [2.75, 3.05) is 13.2 Å². The zero-order valence-corrected chi connectivity index (χ0v) is 17.8. The largest absolute Gasteiger partial charge is 0.507 e. The molecule has 0 spiro atoms. The van der Waals surface area contributed by atoms with Crippen molar-refractivity contribution in [3.8, 4) is 28.7 Å². The van der Waals surface area contributed by atoms with Crippen molar-refractivity contribution in [1.29, 1.82) is 0 Å². The Morgan fingerprint density at radius 2 is 1.70 bits per heavy atom. The van der Waals surface area contributed by atoms with Gasteiger partial charge in [-0.1, -0.05) is 76.3 Å². The third-order valence-electron chi connectivity index (χ3n) is 5.05. The number of fused-ring (bicyclic) bond motifs is 3. The molecule has 30 heavy (non-hydrogen) atoms. The number of phenols is 1. The lowest BCUT2D eigenvalue weighted by atomic mass is 9.98. The average molecular weight is 462 g/mol. The number of rotatable bonds is 4. The van der Waals surface area contributed by atoms with E-state index in [0.717, 1.165) is 4.47 Å². The van der Waals surface area contributed by atoms with Crippen molar-refractivity contribution in [3.05, 3.63) is 87.9 Å². The molecule has 0 radical (unpaired) electrons. The number of benzene rings is 3. The average Bonchev–Trinajstić information content (AvgIpc) is 3.07. The van der Waals surface area contributed by atoms with Crippen molar-refractivity contribution >= 4 is 22.0 Å². The van der Waals surface area contributed by atoms with Gasteiger partial charge in [0.2, 0.25) is 0 Å². The van der Waals surface area contributed by atoms with Crippen LogP contribution < -0.4 is 5.32 Å². The molecule has 0 unspecified atom stereocenters. The minimum Gasteiger partial charge on any atom is -0.507 e. The highest BCUT2D eigenvalue weighted by Crippen LogP contribution is 2.44. The van der Waals surface area contributed by atoms with E-state index in [9.17, 15) is 9.90 Å². The predicted molar refractivity (Wildman–Crippen MR) is 120 cm³/mol. The van der Waals surface area contributed by atoms with Crippen LogP contribution in [0.1, 0.15) is 29.0 Å². The van der Waals surface area contributed by atoms with Gasteiger partial charge >= 0.3 is 6.09 Å². The first-order chi connectivity index (χ1) is 14.6. The van der Waals surface area contributed by atoms with Gasteiger partial charge in [-0.3, -0.25) is 0 Å². The number of carbonyl (C=O) groups excluding carboxylic acids is 1. The third-order valence-corrected chi connectivity index (χ3v) is 5.54. The van der Waals surface area contributed by atoms with Crippen LogP contribution in [0.2, 0.25) is 0 Å². The van der Waals surface area contributed by atoms with Crippen LogP contribution in [0.3, 0.4) is 0 Å². The van der Waals surface area contributed by atoms with Crippen molar-refractivity contribution in [2.45, 2.75) is 12.3 Å². The molecule has 1 aliphatic carbocycles. The lowest BCUT2D eigenvalue weighted by Gasteiger charge is -2.14. The molecule has 5 heteroatoms. The van der Waals surface area contributed by atoms with Crippen molar-refractivity contribution in [3.63, 3.8) is 0 Å². The maximum atomic E-state index is 12.1.